The van der Waals surface area contributed by atoms with Crippen molar-refractivity contribution >= 4 is 15.9 Å². The Morgan fingerprint density at radius 2 is 1.55 bits per heavy atom. The number of nitrogens with two attached hydrogens (primary N) is 1. The first-order valence-electron chi connectivity index (χ1n) is 5.99. The third kappa shape index (κ3) is 2.94. The predicted octanol–water partition coefficient (Wildman–Crippen LogP) is 3.65. The highest BCUT2D eigenvalue weighted by Crippen LogP contribution is 2.30. The highest BCUT2D eigenvalue weighted by molar-refractivity contribution is 9.10. The summed E-state index contributed by atoms with van der Waals surface area (Å²) in [5.41, 5.74) is 7.71. The molecule has 5 heteroatoms. The van der Waals surface area contributed by atoms with Crippen LogP contribution < -0.4 is 15.2 Å². The van der Waals surface area contributed by atoms with Gasteiger partial charge in [0.15, 0.2) is 11.6 Å². The molecular formula is C15H15BrFNO2. The smallest absolute Gasteiger partial charge is 0.165 e. The molecule has 0 aromatic heterocycles. The van der Waals surface area contributed by atoms with Crippen molar-refractivity contribution in [3.63, 3.8) is 0 Å². The average molecular weight is 340 g/mol. The van der Waals surface area contributed by atoms with Crippen LogP contribution in [0.2, 0.25) is 0 Å². The first-order chi connectivity index (χ1) is 9.56. The van der Waals surface area contributed by atoms with Gasteiger partial charge >= 0.3 is 0 Å². The Morgan fingerprint density at radius 1 is 1.00 bits per heavy atom. The second-order valence-electron chi connectivity index (χ2n) is 4.27. The molecule has 106 valence electrons. The molecular weight excluding hydrogens is 325 g/mol. The molecule has 0 bridgehead atoms. The van der Waals surface area contributed by atoms with E-state index in [4.69, 9.17) is 15.2 Å². The zero-order valence-electron chi connectivity index (χ0n) is 11.2. The van der Waals surface area contributed by atoms with Crippen LogP contribution in [0.25, 0.3) is 0 Å². The quantitative estimate of drug-likeness (QED) is 0.924. The van der Waals surface area contributed by atoms with Crippen LogP contribution in [0.1, 0.15) is 17.2 Å². The van der Waals surface area contributed by atoms with Crippen LogP contribution in [-0.2, 0) is 0 Å². The maximum absolute atomic E-state index is 13.7. The van der Waals surface area contributed by atoms with Crippen molar-refractivity contribution in [1.82, 2.24) is 0 Å². The van der Waals surface area contributed by atoms with E-state index in [-0.39, 0.29) is 5.75 Å². The van der Waals surface area contributed by atoms with Gasteiger partial charge in [0, 0.05) is 0 Å². The lowest BCUT2D eigenvalue weighted by molar-refractivity contribution is 0.386. The van der Waals surface area contributed by atoms with Crippen molar-refractivity contribution in [2.24, 2.45) is 5.73 Å². The van der Waals surface area contributed by atoms with E-state index in [1.165, 1.54) is 13.2 Å². The molecule has 2 aromatic carbocycles. The molecule has 2 rings (SSSR count). The molecule has 2 N–H and O–H groups in total. The molecule has 0 aliphatic heterocycles. The molecule has 0 aliphatic rings. The lowest BCUT2D eigenvalue weighted by Gasteiger charge is -2.15. The zero-order chi connectivity index (χ0) is 14.7. The molecule has 0 radical (unpaired) electrons. The van der Waals surface area contributed by atoms with E-state index < -0.39 is 11.9 Å². The summed E-state index contributed by atoms with van der Waals surface area (Å²) in [6.07, 6.45) is 0. The fourth-order valence-electron chi connectivity index (χ4n) is 1.94. The topological polar surface area (TPSA) is 44.5 Å². The molecule has 0 amide bonds. The van der Waals surface area contributed by atoms with E-state index in [9.17, 15) is 4.39 Å². The Labute approximate surface area is 125 Å². The van der Waals surface area contributed by atoms with Crippen molar-refractivity contribution in [3.05, 3.63) is 57.8 Å². The third-order valence-corrected chi connectivity index (χ3v) is 3.69. The fraction of sp³-hybridized carbons (Fsp3) is 0.200. The number of methoxy groups -OCH3 is 2. The predicted molar refractivity (Wildman–Crippen MR) is 79.7 cm³/mol. The number of benzene rings is 2. The number of ether oxygens (including phenoxy) is 2. The summed E-state index contributed by atoms with van der Waals surface area (Å²) in [5.74, 6) is 0.506. The summed E-state index contributed by atoms with van der Waals surface area (Å²) in [5, 5.41) is 0. The Bertz CT molecular complexity index is 565. The van der Waals surface area contributed by atoms with Crippen LogP contribution in [0, 0.1) is 5.82 Å². The molecule has 2 aromatic rings. The minimum absolute atomic E-state index is 0.205. The summed E-state index contributed by atoms with van der Waals surface area (Å²) in [7, 11) is 3.02. The van der Waals surface area contributed by atoms with Crippen LogP contribution in [0.4, 0.5) is 4.39 Å². The van der Waals surface area contributed by atoms with E-state index in [1.54, 1.807) is 19.2 Å². The minimum atomic E-state index is -0.423. The second kappa shape index (κ2) is 6.24. The molecule has 1 atom stereocenters. The maximum atomic E-state index is 13.7. The van der Waals surface area contributed by atoms with Crippen LogP contribution in [0.3, 0.4) is 0 Å². The zero-order valence-corrected chi connectivity index (χ0v) is 12.8. The summed E-state index contributed by atoms with van der Waals surface area (Å²) < 4.78 is 24.6. The molecule has 20 heavy (non-hydrogen) atoms. The molecule has 0 heterocycles. The van der Waals surface area contributed by atoms with Crippen LogP contribution in [-0.4, -0.2) is 14.2 Å². The van der Waals surface area contributed by atoms with E-state index >= 15 is 0 Å². The summed E-state index contributed by atoms with van der Waals surface area (Å²) in [6, 6.07) is 9.84. The third-order valence-electron chi connectivity index (χ3n) is 3.07. The van der Waals surface area contributed by atoms with Gasteiger partial charge in [0.1, 0.15) is 5.75 Å². The van der Waals surface area contributed by atoms with Crippen LogP contribution >= 0.6 is 15.9 Å². The molecule has 1 unspecified atom stereocenters. The normalized spacial score (nSPS) is 12.1. The van der Waals surface area contributed by atoms with E-state index in [0.717, 1.165) is 15.8 Å². The van der Waals surface area contributed by atoms with Crippen molar-refractivity contribution in [1.29, 1.82) is 0 Å². The van der Waals surface area contributed by atoms with Crippen LogP contribution in [0.15, 0.2) is 40.9 Å². The van der Waals surface area contributed by atoms with Gasteiger partial charge in [-0.1, -0.05) is 12.1 Å². The van der Waals surface area contributed by atoms with Crippen molar-refractivity contribution < 1.29 is 13.9 Å². The van der Waals surface area contributed by atoms with E-state index in [0.29, 0.717) is 5.56 Å². The first kappa shape index (κ1) is 14.8. The molecule has 0 aliphatic carbocycles. The highest BCUT2D eigenvalue weighted by Gasteiger charge is 2.13. The van der Waals surface area contributed by atoms with Crippen LogP contribution in [0.5, 0.6) is 11.5 Å². The Balaban J connectivity index is 2.33. The van der Waals surface area contributed by atoms with Crippen molar-refractivity contribution in [2.45, 2.75) is 6.04 Å². The van der Waals surface area contributed by atoms with Gasteiger partial charge in [-0.15, -0.1) is 0 Å². The first-order valence-corrected chi connectivity index (χ1v) is 6.78. The van der Waals surface area contributed by atoms with Crippen molar-refractivity contribution in [2.75, 3.05) is 14.2 Å². The van der Waals surface area contributed by atoms with Crippen molar-refractivity contribution in [3.8, 4) is 11.5 Å². The number of rotatable bonds is 4. The van der Waals surface area contributed by atoms with Gasteiger partial charge in [0.05, 0.1) is 24.7 Å². The Hall–Kier alpha value is -1.59. The lowest BCUT2D eigenvalue weighted by atomic mass is 9.99. The number of hydrogen-bond acceptors (Lipinski definition) is 3. The molecule has 0 spiro atoms. The SMILES string of the molecule is COc1ccc(C(N)c2ccc(OC)c(Br)c2)cc1F. The van der Waals surface area contributed by atoms with Gasteiger partial charge in [0.25, 0.3) is 0 Å². The lowest BCUT2D eigenvalue weighted by Crippen LogP contribution is -2.12. The van der Waals surface area contributed by atoms with E-state index in [1.807, 2.05) is 18.2 Å². The monoisotopic (exact) mass is 339 g/mol. The van der Waals surface area contributed by atoms with Gasteiger partial charge in [-0.25, -0.2) is 4.39 Å². The highest BCUT2D eigenvalue weighted by atomic mass is 79.9. The molecule has 0 saturated heterocycles. The number of halogens is 2. The number of hydrogen-bond donors (Lipinski definition) is 1. The van der Waals surface area contributed by atoms with Gasteiger partial charge in [-0.05, 0) is 51.3 Å². The average Bonchev–Trinajstić information content (AvgIpc) is 2.46. The van der Waals surface area contributed by atoms with Gasteiger partial charge < -0.3 is 15.2 Å². The summed E-state index contributed by atoms with van der Waals surface area (Å²) >= 11 is 3.41. The largest absolute Gasteiger partial charge is 0.496 e. The van der Waals surface area contributed by atoms with Gasteiger partial charge in [-0.3, -0.25) is 0 Å². The summed E-state index contributed by atoms with van der Waals surface area (Å²) in [4.78, 5) is 0. The minimum Gasteiger partial charge on any atom is -0.496 e. The fourth-order valence-corrected chi connectivity index (χ4v) is 2.50. The maximum Gasteiger partial charge on any atom is 0.165 e. The van der Waals surface area contributed by atoms with E-state index in [2.05, 4.69) is 15.9 Å². The molecule has 0 saturated carbocycles. The molecule has 3 nitrogen and oxygen atoms in total. The summed E-state index contributed by atoms with van der Waals surface area (Å²) in [6.45, 7) is 0. The molecule has 0 fully saturated rings. The van der Waals surface area contributed by atoms with Gasteiger partial charge in [-0.2, -0.15) is 0 Å². The second-order valence-corrected chi connectivity index (χ2v) is 5.12. The van der Waals surface area contributed by atoms with Gasteiger partial charge in [0.2, 0.25) is 0 Å². The standard InChI is InChI=1S/C15H15BrFNO2/c1-19-13-5-3-9(7-11(13)16)15(18)10-4-6-14(20-2)12(17)8-10/h3-8,15H,18H2,1-2H3. The Kier molecular flexibility index (Phi) is 4.62. The Morgan fingerprint density at radius 3 is 2.05 bits per heavy atom.